The molecule has 0 aromatic heterocycles. The predicted molar refractivity (Wildman–Crippen MR) is 115 cm³/mol. The Kier molecular flexibility index (Phi) is 4.44. The van der Waals surface area contributed by atoms with Gasteiger partial charge in [-0.05, 0) is 43.5 Å². The molecule has 0 spiro atoms. The third-order valence-electron chi connectivity index (χ3n) is 5.24. The summed E-state index contributed by atoms with van der Waals surface area (Å²) in [4.78, 5) is 4.27. The van der Waals surface area contributed by atoms with Gasteiger partial charge >= 0.3 is 0 Å². The second-order valence-corrected chi connectivity index (χ2v) is 7.26. The Morgan fingerprint density at radius 3 is 2.04 bits per heavy atom. The summed E-state index contributed by atoms with van der Waals surface area (Å²) < 4.78 is 0. The molecule has 3 heteroatoms. The Labute approximate surface area is 161 Å². The van der Waals surface area contributed by atoms with Crippen LogP contribution in [0.25, 0.3) is 11.1 Å². The molecule has 1 aliphatic heterocycles. The minimum absolute atomic E-state index is 0.549. The fourth-order valence-corrected chi connectivity index (χ4v) is 4.18. The summed E-state index contributed by atoms with van der Waals surface area (Å²) in [6, 6.07) is 23.2. The van der Waals surface area contributed by atoms with E-state index in [1.165, 1.54) is 33.5 Å². The van der Waals surface area contributed by atoms with E-state index in [9.17, 15) is 0 Å². The lowest BCUT2D eigenvalue weighted by Gasteiger charge is -2.26. The highest BCUT2D eigenvalue weighted by atomic mass is 15.4. The van der Waals surface area contributed by atoms with Gasteiger partial charge in [0.2, 0.25) is 5.96 Å². The van der Waals surface area contributed by atoms with Crippen LogP contribution in [0.15, 0.2) is 66.7 Å². The van der Waals surface area contributed by atoms with Crippen molar-refractivity contribution in [1.82, 2.24) is 0 Å². The van der Waals surface area contributed by atoms with E-state index in [1.807, 2.05) is 6.07 Å². The molecule has 3 nitrogen and oxygen atoms in total. The smallest absolute Gasteiger partial charge is 0.203 e. The molecule has 1 N–H and O–H groups in total. The van der Waals surface area contributed by atoms with E-state index in [0.29, 0.717) is 5.96 Å². The van der Waals surface area contributed by atoms with Gasteiger partial charge in [-0.2, -0.15) is 0 Å². The van der Waals surface area contributed by atoms with Crippen LogP contribution < -0.4 is 9.80 Å². The van der Waals surface area contributed by atoms with Crippen LogP contribution in [0.3, 0.4) is 0 Å². The van der Waals surface area contributed by atoms with Gasteiger partial charge in [0, 0.05) is 24.3 Å². The standard InChI is InChI=1S/C24H25N3/c1-17-15-18(2)23(19(3)16-17)27-14-13-26(24(27)25)22-12-8-7-11-21(22)20-9-5-4-6-10-20/h4-12,15-16,25H,13-14H2,1-3H3. The average Bonchev–Trinajstić information content (AvgIpc) is 3.03. The fraction of sp³-hybridized carbons (Fsp3) is 0.208. The van der Waals surface area contributed by atoms with Crippen LogP contribution >= 0.6 is 0 Å². The predicted octanol–water partition coefficient (Wildman–Crippen LogP) is 5.54. The first-order chi connectivity index (χ1) is 13.1. The van der Waals surface area contributed by atoms with Crippen molar-refractivity contribution in [2.24, 2.45) is 0 Å². The molecule has 136 valence electrons. The summed E-state index contributed by atoms with van der Waals surface area (Å²) >= 11 is 0. The van der Waals surface area contributed by atoms with Crippen molar-refractivity contribution in [3.63, 3.8) is 0 Å². The van der Waals surface area contributed by atoms with Gasteiger partial charge < -0.3 is 9.80 Å². The first-order valence-electron chi connectivity index (χ1n) is 9.42. The third kappa shape index (κ3) is 3.10. The SMILES string of the molecule is Cc1cc(C)c(N2CCN(c3ccccc3-c3ccccc3)C2=N)c(C)c1. The van der Waals surface area contributed by atoms with Crippen molar-refractivity contribution in [3.05, 3.63) is 83.4 Å². The van der Waals surface area contributed by atoms with Crippen molar-refractivity contribution in [3.8, 4) is 11.1 Å². The molecule has 1 heterocycles. The van der Waals surface area contributed by atoms with Crippen molar-refractivity contribution < 1.29 is 0 Å². The van der Waals surface area contributed by atoms with Crippen molar-refractivity contribution >= 4 is 17.3 Å². The molecule has 0 amide bonds. The summed E-state index contributed by atoms with van der Waals surface area (Å²) in [7, 11) is 0. The van der Waals surface area contributed by atoms with Crippen LogP contribution in [-0.4, -0.2) is 19.0 Å². The van der Waals surface area contributed by atoms with Gasteiger partial charge in [-0.3, -0.25) is 5.41 Å². The highest BCUT2D eigenvalue weighted by Crippen LogP contribution is 2.35. The number of rotatable bonds is 3. The van der Waals surface area contributed by atoms with Gasteiger partial charge in [0.05, 0.1) is 5.69 Å². The number of nitrogens with one attached hydrogen (secondary N) is 1. The normalized spacial score (nSPS) is 14.1. The largest absolute Gasteiger partial charge is 0.310 e. The minimum atomic E-state index is 0.549. The average molecular weight is 355 g/mol. The molecule has 0 bridgehead atoms. The van der Waals surface area contributed by atoms with Gasteiger partial charge in [0.1, 0.15) is 0 Å². The number of hydrogen-bond donors (Lipinski definition) is 1. The van der Waals surface area contributed by atoms with Gasteiger partial charge in [0.25, 0.3) is 0 Å². The van der Waals surface area contributed by atoms with Crippen LogP contribution in [0.1, 0.15) is 16.7 Å². The molecular formula is C24H25N3. The molecule has 3 aromatic rings. The van der Waals surface area contributed by atoms with Gasteiger partial charge in [-0.25, -0.2) is 0 Å². The highest BCUT2D eigenvalue weighted by molar-refractivity contribution is 6.10. The van der Waals surface area contributed by atoms with Crippen LogP contribution in [0.4, 0.5) is 11.4 Å². The summed E-state index contributed by atoms with van der Waals surface area (Å²) in [6.45, 7) is 8.05. The van der Waals surface area contributed by atoms with Crippen molar-refractivity contribution in [1.29, 1.82) is 5.41 Å². The molecule has 27 heavy (non-hydrogen) atoms. The Morgan fingerprint density at radius 2 is 1.33 bits per heavy atom. The maximum absolute atomic E-state index is 8.90. The monoisotopic (exact) mass is 355 g/mol. The highest BCUT2D eigenvalue weighted by Gasteiger charge is 2.30. The van der Waals surface area contributed by atoms with E-state index in [0.717, 1.165) is 18.8 Å². The van der Waals surface area contributed by atoms with E-state index in [2.05, 4.69) is 91.2 Å². The molecule has 0 atom stereocenters. The fourth-order valence-electron chi connectivity index (χ4n) is 4.18. The van der Waals surface area contributed by atoms with E-state index >= 15 is 0 Å². The Morgan fingerprint density at radius 1 is 0.741 bits per heavy atom. The summed E-state index contributed by atoms with van der Waals surface area (Å²) in [5, 5.41) is 8.90. The minimum Gasteiger partial charge on any atom is -0.310 e. The number of anilines is 2. The van der Waals surface area contributed by atoms with Crippen LogP contribution in [0.2, 0.25) is 0 Å². The Hall–Kier alpha value is -3.07. The second kappa shape index (κ2) is 6.92. The van der Waals surface area contributed by atoms with Gasteiger partial charge in [-0.15, -0.1) is 0 Å². The van der Waals surface area contributed by atoms with Crippen LogP contribution in [-0.2, 0) is 0 Å². The van der Waals surface area contributed by atoms with E-state index in [4.69, 9.17) is 5.41 Å². The topological polar surface area (TPSA) is 30.3 Å². The first kappa shape index (κ1) is 17.3. The number of nitrogens with zero attached hydrogens (tertiary/aromatic N) is 2. The maximum Gasteiger partial charge on any atom is 0.203 e. The molecule has 1 aliphatic rings. The molecular weight excluding hydrogens is 330 g/mol. The number of hydrogen-bond acceptors (Lipinski definition) is 1. The lowest BCUT2D eigenvalue weighted by molar-refractivity contribution is 1.02. The molecule has 1 saturated heterocycles. The zero-order valence-electron chi connectivity index (χ0n) is 16.2. The Balaban J connectivity index is 1.72. The molecule has 0 aliphatic carbocycles. The summed E-state index contributed by atoms with van der Waals surface area (Å²) in [6.07, 6.45) is 0. The number of para-hydroxylation sites is 1. The molecule has 3 aromatic carbocycles. The van der Waals surface area contributed by atoms with Crippen LogP contribution in [0, 0.1) is 26.2 Å². The third-order valence-corrected chi connectivity index (χ3v) is 5.24. The van der Waals surface area contributed by atoms with E-state index < -0.39 is 0 Å². The van der Waals surface area contributed by atoms with Crippen molar-refractivity contribution in [2.45, 2.75) is 20.8 Å². The van der Waals surface area contributed by atoms with E-state index in [-0.39, 0.29) is 0 Å². The van der Waals surface area contributed by atoms with Gasteiger partial charge in [-0.1, -0.05) is 66.2 Å². The lowest BCUT2D eigenvalue weighted by atomic mass is 10.0. The molecule has 0 radical (unpaired) electrons. The zero-order chi connectivity index (χ0) is 19.0. The van der Waals surface area contributed by atoms with Crippen LogP contribution in [0.5, 0.6) is 0 Å². The number of benzene rings is 3. The number of aryl methyl sites for hydroxylation is 3. The molecule has 0 unspecified atom stereocenters. The van der Waals surface area contributed by atoms with Gasteiger partial charge in [0.15, 0.2) is 0 Å². The first-order valence-corrected chi connectivity index (χ1v) is 9.42. The Bertz CT molecular complexity index is 969. The summed E-state index contributed by atoms with van der Waals surface area (Å²) in [5.74, 6) is 0.549. The summed E-state index contributed by atoms with van der Waals surface area (Å²) in [5.41, 5.74) is 8.35. The zero-order valence-corrected chi connectivity index (χ0v) is 16.2. The van der Waals surface area contributed by atoms with E-state index in [1.54, 1.807) is 0 Å². The molecule has 0 saturated carbocycles. The van der Waals surface area contributed by atoms with Crippen molar-refractivity contribution in [2.75, 3.05) is 22.9 Å². The quantitative estimate of drug-likeness (QED) is 0.668. The lowest BCUT2D eigenvalue weighted by Crippen LogP contribution is -2.33. The maximum atomic E-state index is 8.90. The second-order valence-electron chi connectivity index (χ2n) is 7.26. The number of guanidine groups is 1. The molecule has 4 rings (SSSR count). The molecule has 1 fully saturated rings.